The molecule has 0 aromatic carbocycles. The highest BCUT2D eigenvalue weighted by Crippen LogP contribution is 2.64. The van der Waals surface area contributed by atoms with Gasteiger partial charge in [-0.25, -0.2) is 0 Å². The molecule has 33 heavy (non-hydrogen) atoms. The fourth-order valence-corrected chi connectivity index (χ4v) is 6.18. The number of carbonyl (C=O) groups excluding carboxylic acids is 3. The van der Waals surface area contributed by atoms with E-state index in [2.05, 4.69) is 13.2 Å². The lowest BCUT2D eigenvalue weighted by Crippen LogP contribution is -2.59. The van der Waals surface area contributed by atoms with Crippen molar-refractivity contribution in [2.24, 2.45) is 11.8 Å². The molecule has 2 bridgehead atoms. The van der Waals surface area contributed by atoms with E-state index in [0.29, 0.717) is 32.2 Å². The third-order valence-corrected chi connectivity index (χ3v) is 7.76. The van der Waals surface area contributed by atoms with Crippen LogP contribution in [0.25, 0.3) is 0 Å². The first-order valence-electron chi connectivity index (χ1n) is 12.0. The van der Waals surface area contributed by atoms with Crippen LogP contribution in [0.1, 0.15) is 53.4 Å². The molecule has 8 heteroatoms. The van der Waals surface area contributed by atoms with Gasteiger partial charge in [-0.3, -0.25) is 14.4 Å². The summed E-state index contributed by atoms with van der Waals surface area (Å²) in [5.74, 6) is -2.66. The molecule has 3 rings (SSSR count). The molecule has 8 nitrogen and oxygen atoms in total. The number of likely N-dealkylation sites (tertiary alicyclic amines) is 1. The molecule has 3 heterocycles. The molecule has 0 saturated carbocycles. The summed E-state index contributed by atoms with van der Waals surface area (Å²) < 4.78 is 12.1. The number of nitrogens with zero attached hydrogens (tertiary/aromatic N) is 2. The van der Waals surface area contributed by atoms with Gasteiger partial charge in [0.2, 0.25) is 11.8 Å². The number of aliphatic hydroxyl groups is 1. The summed E-state index contributed by atoms with van der Waals surface area (Å²) >= 11 is 0. The van der Waals surface area contributed by atoms with Gasteiger partial charge in [-0.05, 0) is 39.5 Å². The van der Waals surface area contributed by atoms with E-state index in [0.717, 1.165) is 0 Å². The second-order valence-electron chi connectivity index (χ2n) is 9.62. The number of ether oxygens (including phenoxy) is 2. The number of esters is 1. The Morgan fingerprint density at radius 1 is 1.30 bits per heavy atom. The van der Waals surface area contributed by atoms with Gasteiger partial charge in [0, 0.05) is 12.6 Å². The number of fused-ring (bicyclic) bond motifs is 1. The second-order valence-corrected chi connectivity index (χ2v) is 9.62. The van der Waals surface area contributed by atoms with Crippen LogP contribution >= 0.6 is 0 Å². The molecule has 2 unspecified atom stereocenters. The lowest BCUT2D eigenvalue weighted by molar-refractivity contribution is -0.163. The molecule has 0 aromatic heterocycles. The predicted molar refractivity (Wildman–Crippen MR) is 123 cm³/mol. The van der Waals surface area contributed by atoms with Crippen LogP contribution in [0.4, 0.5) is 0 Å². The van der Waals surface area contributed by atoms with E-state index < -0.39 is 41.1 Å². The van der Waals surface area contributed by atoms with Gasteiger partial charge in [-0.1, -0.05) is 32.6 Å². The van der Waals surface area contributed by atoms with E-state index in [1.54, 1.807) is 11.0 Å². The standard InChI is InChI=1S/C25H38N2O6/c1-7-13-26(16(5)6)22(30)20-25-12-11-24(10-4,33-25)19(23(31)32-14-8-2)18(25)21(29)27(20)17(9-3)15-28/h7-8,16-20,28H,1-2,9-15H2,3-6H3/t17-,18-,19+,20?,24-,25?/m0/s1. The van der Waals surface area contributed by atoms with E-state index in [1.165, 1.54) is 11.0 Å². The van der Waals surface area contributed by atoms with Gasteiger partial charge in [0.25, 0.3) is 0 Å². The Morgan fingerprint density at radius 3 is 2.52 bits per heavy atom. The van der Waals surface area contributed by atoms with Gasteiger partial charge < -0.3 is 24.4 Å². The van der Waals surface area contributed by atoms with Crippen molar-refractivity contribution in [3.63, 3.8) is 0 Å². The zero-order valence-corrected chi connectivity index (χ0v) is 20.3. The Hall–Kier alpha value is -2.19. The van der Waals surface area contributed by atoms with Gasteiger partial charge in [-0.2, -0.15) is 0 Å². The first-order chi connectivity index (χ1) is 15.7. The lowest BCUT2D eigenvalue weighted by atomic mass is 9.65. The molecular weight excluding hydrogens is 424 g/mol. The molecule has 2 amide bonds. The summed E-state index contributed by atoms with van der Waals surface area (Å²) in [6.45, 7) is 15.1. The maximum absolute atomic E-state index is 14.0. The Labute approximate surface area is 196 Å². The Kier molecular flexibility index (Phi) is 7.39. The lowest BCUT2D eigenvalue weighted by Gasteiger charge is -2.40. The van der Waals surface area contributed by atoms with E-state index in [-0.39, 0.29) is 31.1 Å². The van der Waals surface area contributed by atoms with Crippen molar-refractivity contribution in [2.45, 2.75) is 82.7 Å². The van der Waals surface area contributed by atoms with Gasteiger partial charge in [-0.15, -0.1) is 6.58 Å². The van der Waals surface area contributed by atoms with Crippen molar-refractivity contribution < 1.29 is 29.0 Å². The number of aliphatic hydroxyl groups excluding tert-OH is 1. The van der Waals surface area contributed by atoms with Crippen molar-refractivity contribution in [1.82, 2.24) is 9.80 Å². The molecular formula is C25H38N2O6. The van der Waals surface area contributed by atoms with Crippen LogP contribution in [0.15, 0.2) is 25.3 Å². The second kappa shape index (κ2) is 9.58. The van der Waals surface area contributed by atoms with Crippen molar-refractivity contribution >= 4 is 17.8 Å². The Bertz CT molecular complexity index is 809. The molecule has 1 spiro atoms. The van der Waals surface area contributed by atoms with E-state index >= 15 is 0 Å². The molecule has 3 saturated heterocycles. The maximum Gasteiger partial charge on any atom is 0.313 e. The average molecular weight is 463 g/mol. The first kappa shape index (κ1) is 25.4. The minimum absolute atomic E-state index is 0.0454. The quantitative estimate of drug-likeness (QED) is 0.373. The number of hydrogen-bond donors (Lipinski definition) is 1. The number of rotatable bonds is 11. The van der Waals surface area contributed by atoms with Gasteiger partial charge in [0.05, 0.1) is 24.2 Å². The highest BCUT2D eigenvalue weighted by molar-refractivity contribution is 5.98. The minimum Gasteiger partial charge on any atom is -0.461 e. The van der Waals surface area contributed by atoms with Crippen LogP contribution < -0.4 is 0 Å². The third-order valence-electron chi connectivity index (χ3n) is 7.76. The highest BCUT2D eigenvalue weighted by atomic mass is 16.6. The summed E-state index contributed by atoms with van der Waals surface area (Å²) in [6, 6.07) is -1.58. The fourth-order valence-electron chi connectivity index (χ4n) is 6.18. The SMILES string of the molecule is C=CCOC(=O)[C@H]1[C@H]2C(=O)N([C@@H](CC)CO)C(C(=O)N(CC=C)C(C)C)C23CC[C@]1(CC)O3. The highest BCUT2D eigenvalue weighted by Gasteiger charge is 2.79. The predicted octanol–water partition coefficient (Wildman–Crippen LogP) is 2.06. The summed E-state index contributed by atoms with van der Waals surface area (Å²) in [5.41, 5.74) is -1.97. The normalized spacial score (nSPS) is 33.2. The van der Waals surface area contributed by atoms with Crippen LogP contribution in [0, 0.1) is 11.8 Å². The average Bonchev–Trinajstić information content (AvgIpc) is 3.40. The van der Waals surface area contributed by atoms with Crippen molar-refractivity contribution in [1.29, 1.82) is 0 Å². The summed E-state index contributed by atoms with van der Waals surface area (Å²) in [7, 11) is 0. The monoisotopic (exact) mass is 462 g/mol. The van der Waals surface area contributed by atoms with Gasteiger partial charge >= 0.3 is 5.97 Å². The van der Waals surface area contributed by atoms with Crippen molar-refractivity contribution in [3.05, 3.63) is 25.3 Å². The Morgan fingerprint density at radius 2 is 2.00 bits per heavy atom. The zero-order valence-electron chi connectivity index (χ0n) is 20.3. The summed E-state index contributed by atoms with van der Waals surface area (Å²) in [6.07, 6.45) is 5.22. The van der Waals surface area contributed by atoms with Crippen LogP contribution in [0.2, 0.25) is 0 Å². The van der Waals surface area contributed by atoms with Crippen LogP contribution in [-0.4, -0.2) is 81.8 Å². The molecule has 3 aliphatic heterocycles. The van der Waals surface area contributed by atoms with Gasteiger partial charge in [0.15, 0.2) is 0 Å². The minimum atomic E-state index is -1.13. The first-order valence-corrected chi connectivity index (χ1v) is 12.0. The number of hydrogen-bond acceptors (Lipinski definition) is 6. The smallest absolute Gasteiger partial charge is 0.313 e. The largest absolute Gasteiger partial charge is 0.461 e. The van der Waals surface area contributed by atoms with E-state index in [1.807, 2.05) is 27.7 Å². The van der Waals surface area contributed by atoms with Crippen LogP contribution in [0.5, 0.6) is 0 Å². The zero-order chi connectivity index (χ0) is 24.6. The fraction of sp³-hybridized carbons (Fsp3) is 0.720. The number of carbonyl (C=O) groups is 3. The van der Waals surface area contributed by atoms with Crippen molar-refractivity contribution in [2.75, 3.05) is 19.8 Å². The topological polar surface area (TPSA) is 96.4 Å². The van der Waals surface area contributed by atoms with E-state index in [4.69, 9.17) is 9.47 Å². The van der Waals surface area contributed by atoms with Gasteiger partial charge in [0.1, 0.15) is 24.2 Å². The van der Waals surface area contributed by atoms with E-state index in [9.17, 15) is 19.5 Å². The maximum atomic E-state index is 14.0. The molecule has 0 aliphatic carbocycles. The molecule has 0 radical (unpaired) electrons. The Balaban J connectivity index is 2.15. The molecule has 3 aliphatic rings. The van der Waals surface area contributed by atoms with Crippen LogP contribution in [-0.2, 0) is 23.9 Å². The molecule has 1 N–H and O–H groups in total. The van der Waals surface area contributed by atoms with Crippen molar-refractivity contribution in [3.8, 4) is 0 Å². The molecule has 0 aromatic rings. The molecule has 184 valence electrons. The molecule has 6 atom stereocenters. The summed E-state index contributed by atoms with van der Waals surface area (Å²) in [5, 5.41) is 10.1. The summed E-state index contributed by atoms with van der Waals surface area (Å²) in [4.78, 5) is 44.4. The molecule has 3 fully saturated rings. The number of amides is 2. The third kappa shape index (κ3) is 3.71. The van der Waals surface area contributed by atoms with Crippen LogP contribution in [0.3, 0.4) is 0 Å².